The van der Waals surface area contributed by atoms with E-state index >= 15 is 0 Å². The number of halogens is 1. The summed E-state index contributed by atoms with van der Waals surface area (Å²) in [5.41, 5.74) is 1.94. The minimum absolute atomic E-state index is 0.00572. The molecule has 2 aromatic heterocycles. The van der Waals surface area contributed by atoms with Gasteiger partial charge in [0.2, 0.25) is 0 Å². The van der Waals surface area contributed by atoms with Crippen molar-refractivity contribution in [2.75, 3.05) is 18.6 Å². The lowest BCUT2D eigenvalue weighted by molar-refractivity contribution is -0.146. The van der Waals surface area contributed by atoms with Crippen LogP contribution >= 0.6 is 15.9 Å². The molecule has 0 radical (unpaired) electrons. The Hall–Kier alpha value is -3.62. The Morgan fingerprint density at radius 1 is 1.13 bits per heavy atom. The van der Waals surface area contributed by atoms with Crippen molar-refractivity contribution in [3.8, 4) is 11.4 Å². The molecule has 1 spiro atoms. The predicted octanol–water partition coefficient (Wildman–Crippen LogP) is 4.17. The van der Waals surface area contributed by atoms with E-state index in [0.717, 1.165) is 21.3 Å². The number of hydrogen-bond acceptors (Lipinski definition) is 8. The molecule has 4 heterocycles. The van der Waals surface area contributed by atoms with Crippen molar-refractivity contribution in [2.24, 2.45) is 5.92 Å². The number of nitrogens with zero attached hydrogens (tertiary/aromatic N) is 5. The molecule has 6 rings (SSSR count). The number of carbonyl (C=O) groups excluding carboxylic acids is 1. The number of ether oxygens (including phenoxy) is 2. The monoisotopic (exact) mass is 707 g/mol. The van der Waals surface area contributed by atoms with E-state index < -0.39 is 20.0 Å². The Morgan fingerprint density at radius 2 is 1.93 bits per heavy atom. The molecule has 2 aromatic carbocycles. The van der Waals surface area contributed by atoms with Gasteiger partial charge in [-0.3, -0.25) is 18.8 Å². The second-order valence-corrected chi connectivity index (χ2v) is 17.5. The van der Waals surface area contributed by atoms with Gasteiger partial charge in [0.15, 0.2) is 19.7 Å². The third kappa shape index (κ3) is 5.64. The van der Waals surface area contributed by atoms with E-state index in [-0.39, 0.29) is 41.8 Å². The molecule has 2 aliphatic heterocycles. The summed E-state index contributed by atoms with van der Waals surface area (Å²) < 4.78 is 16.2. The molecule has 0 bridgehead atoms. The van der Waals surface area contributed by atoms with Gasteiger partial charge in [-0.15, -0.1) is 5.10 Å². The van der Waals surface area contributed by atoms with Gasteiger partial charge in [0.1, 0.15) is 0 Å². The zero-order valence-electron chi connectivity index (χ0n) is 26.3. The quantitative estimate of drug-likeness (QED) is 0.235. The van der Waals surface area contributed by atoms with Crippen molar-refractivity contribution < 1.29 is 24.2 Å². The number of amides is 1. The maximum Gasteiger partial charge on any atom is 0.297 e. The van der Waals surface area contributed by atoms with Gasteiger partial charge < -0.3 is 24.3 Å². The van der Waals surface area contributed by atoms with Gasteiger partial charge in [-0.2, -0.15) is 0 Å². The van der Waals surface area contributed by atoms with E-state index in [1.54, 1.807) is 27.9 Å². The second kappa shape index (κ2) is 12.5. The van der Waals surface area contributed by atoms with Crippen molar-refractivity contribution in [3.63, 3.8) is 0 Å². The number of hydrogen-bond donors (Lipinski definition) is 2. The van der Waals surface area contributed by atoms with Crippen LogP contribution in [-0.4, -0.2) is 63.5 Å². The highest BCUT2D eigenvalue weighted by Crippen LogP contribution is 2.60. The summed E-state index contributed by atoms with van der Waals surface area (Å²) >= 11 is 3.62. The van der Waals surface area contributed by atoms with Gasteiger partial charge in [-0.1, -0.05) is 40.2 Å². The van der Waals surface area contributed by atoms with Crippen LogP contribution < -0.4 is 15.2 Å². The first kappa shape index (κ1) is 32.3. The smallest absolute Gasteiger partial charge is 0.297 e. The van der Waals surface area contributed by atoms with Crippen LogP contribution in [0.25, 0.3) is 5.69 Å². The van der Waals surface area contributed by atoms with Gasteiger partial charge in [0.05, 0.1) is 31.1 Å². The number of methoxy groups -OCH3 is 1. The lowest BCUT2D eigenvalue weighted by Gasteiger charge is -2.32. The number of aliphatic hydroxyl groups is 1. The van der Waals surface area contributed by atoms with Gasteiger partial charge in [0, 0.05) is 59.1 Å². The van der Waals surface area contributed by atoms with Crippen molar-refractivity contribution >= 4 is 35.8 Å². The molecule has 1 fully saturated rings. The lowest BCUT2D eigenvalue weighted by atomic mass is 9.82. The molecule has 2 aliphatic rings. The summed E-state index contributed by atoms with van der Waals surface area (Å²) in [6.45, 7) is 6.58. The third-order valence-corrected chi connectivity index (χ3v) is 12.2. The number of aromatic nitrogens is 4. The maximum absolute atomic E-state index is 14.8. The molecular weight excluding hydrogens is 670 g/mol. The van der Waals surface area contributed by atoms with E-state index in [1.165, 1.54) is 11.7 Å². The zero-order chi connectivity index (χ0) is 32.8. The van der Waals surface area contributed by atoms with Crippen LogP contribution in [0.3, 0.4) is 0 Å². The van der Waals surface area contributed by atoms with E-state index in [2.05, 4.69) is 26.2 Å². The standard InChI is InChI=1S/C33H38BrN5O6Si/c1-21-30(46(3,4)43)28(12-15-37-20-24(13-16-40)35-36-37)45-33(21)26-18-23(34)10-11-27(26)39(32(33)42)19-22-7-5-8-25(17-22)38-14-6-9-29(44-2)31(38)41/h5-11,14,17-18,20-21,28,30,40,43H,12-13,15-16,19H2,1-4H3/t21-,28+,30-,33+/m1/s1. The third-order valence-electron chi connectivity index (χ3n) is 9.20. The highest BCUT2D eigenvalue weighted by atomic mass is 79.9. The first-order valence-electron chi connectivity index (χ1n) is 15.3. The molecule has 1 amide bonds. The minimum atomic E-state index is -2.84. The van der Waals surface area contributed by atoms with Crippen molar-refractivity contribution in [1.29, 1.82) is 0 Å². The molecule has 4 aromatic rings. The van der Waals surface area contributed by atoms with Crippen molar-refractivity contribution in [2.45, 2.75) is 63.2 Å². The van der Waals surface area contributed by atoms with Crippen LogP contribution in [0.2, 0.25) is 18.6 Å². The molecule has 2 N–H and O–H groups in total. The fourth-order valence-electron chi connectivity index (χ4n) is 7.23. The highest BCUT2D eigenvalue weighted by molar-refractivity contribution is 9.10. The SMILES string of the molecule is COc1cccn(-c2cccc(CN3C(=O)[C@@]4(O[C@@H](CCn5cc(CCO)nn5)[C@H]([Si](C)(C)O)[C@H]4C)c4cc(Br)ccc43)c2)c1=O. The van der Waals surface area contributed by atoms with Gasteiger partial charge in [-0.25, -0.2) is 0 Å². The summed E-state index contributed by atoms with van der Waals surface area (Å²) in [4.78, 5) is 41.1. The van der Waals surface area contributed by atoms with Crippen LogP contribution in [-0.2, 0) is 34.6 Å². The van der Waals surface area contributed by atoms with E-state index in [9.17, 15) is 19.5 Å². The fraction of sp³-hybridized carbons (Fsp3) is 0.394. The molecule has 1 saturated heterocycles. The summed E-state index contributed by atoms with van der Waals surface area (Å²) in [7, 11) is -1.37. The molecule has 0 aliphatic carbocycles. The summed E-state index contributed by atoms with van der Waals surface area (Å²) in [5, 5.41) is 17.6. The first-order valence-corrected chi connectivity index (χ1v) is 19.2. The first-order chi connectivity index (χ1) is 22.0. The van der Waals surface area contributed by atoms with E-state index in [0.29, 0.717) is 30.8 Å². The van der Waals surface area contributed by atoms with E-state index in [1.807, 2.05) is 68.7 Å². The Balaban J connectivity index is 1.34. The summed E-state index contributed by atoms with van der Waals surface area (Å²) in [6.07, 6.45) is 4.06. The zero-order valence-corrected chi connectivity index (χ0v) is 28.8. The average molecular weight is 709 g/mol. The number of anilines is 1. The summed E-state index contributed by atoms with van der Waals surface area (Å²) in [6, 6.07) is 16.7. The molecule has 11 nitrogen and oxygen atoms in total. The molecule has 242 valence electrons. The molecule has 46 heavy (non-hydrogen) atoms. The number of pyridine rings is 1. The largest absolute Gasteiger partial charge is 0.491 e. The van der Waals surface area contributed by atoms with Gasteiger partial charge >= 0.3 is 0 Å². The second-order valence-electron chi connectivity index (χ2n) is 12.6. The maximum atomic E-state index is 14.8. The van der Waals surface area contributed by atoms with Crippen LogP contribution in [0.1, 0.15) is 30.2 Å². The van der Waals surface area contributed by atoms with Crippen LogP contribution in [0.15, 0.2) is 76.3 Å². The Kier molecular flexibility index (Phi) is 8.80. The van der Waals surface area contributed by atoms with Crippen LogP contribution in [0.5, 0.6) is 5.75 Å². The van der Waals surface area contributed by atoms with Crippen LogP contribution in [0, 0.1) is 5.92 Å². The van der Waals surface area contributed by atoms with E-state index in [4.69, 9.17) is 9.47 Å². The normalized spacial score (nSPS) is 22.5. The van der Waals surface area contributed by atoms with Crippen molar-refractivity contribution in [1.82, 2.24) is 19.6 Å². The highest BCUT2D eigenvalue weighted by Gasteiger charge is 2.66. The number of aliphatic hydroxyl groups excluding tert-OH is 1. The number of carbonyl (C=O) groups is 1. The fourth-order valence-corrected chi connectivity index (χ4v) is 10.2. The number of aryl methyl sites for hydroxylation is 1. The Bertz CT molecular complexity index is 1820. The van der Waals surface area contributed by atoms with Crippen molar-refractivity contribution in [3.05, 3.63) is 98.6 Å². The molecule has 13 heteroatoms. The predicted molar refractivity (Wildman–Crippen MR) is 179 cm³/mol. The van der Waals surface area contributed by atoms with Crippen LogP contribution in [0.4, 0.5) is 5.69 Å². The molecule has 0 saturated carbocycles. The summed E-state index contributed by atoms with van der Waals surface area (Å²) in [5.74, 6) is -0.240. The molecule has 4 atom stereocenters. The molecular formula is C33H38BrN5O6Si. The Morgan fingerprint density at radius 3 is 2.67 bits per heavy atom. The van der Waals surface area contributed by atoms with Gasteiger partial charge in [0.25, 0.3) is 11.5 Å². The number of fused-ring (bicyclic) bond motifs is 2. The van der Waals surface area contributed by atoms with Gasteiger partial charge in [-0.05, 0) is 67.5 Å². The number of benzene rings is 2. The number of rotatable bonds is 10. The Labute approximate surface area is 276 Å². The average Bonchev–Trinajstić information content (AvgIpc) is 3.66. The topological polar surface area (TPSA) is 132 Å². The lowest BCUT2D eigenvalue weighted by Crippen LogP contribution is -2.46. The molecule has 0 unspecified atom stereocenters. The minimum Gasteiger partial charge on any atom is -0.491 e.